The van der Waals surface area contributed by atoms with Crippen LogP contribution in [-0.4, -0.2) is 45.3 Å². The van der Waals surface area contributed by atoms with Gasteiger partial charge in [-0.15, -0.1) is 12.4 Å². The van der Waals surface area contributed by atoms with Crippen molar-refractivity contribution in [3.63, 3.8) is 0 Å². The van der Waals surface area contributed by atoms with Crippen molar-refractivity contribution in [2.45, 2.75) is 32.9 Å². The van der Waals surface area contributed by atoms with Gasteiger partial charge in [-0.25, -0.2) is 4.68 Å². The van der Waals surface area contributed by atoms with Gasteiger partial charge in [0.05, 0.1) is 5.69 Å². The van der Waals surface area contributed by atoms with E-state index < -0.39 is 0 Å². The van der Waals surface area contributed by atoms with Crippen LogP contribution in [0.4, 0.5) is 0 Å². The number of hydrogen-bond acceptors (Lipinski definition) is 4. The Hall–Kier alpha value is -2.90. The van der Waals surface area contributed by atoms with Crippen LogP contribution in [0.5, 0.6) is 0 Å². The van der Waals surface area contributed by atoms with E-state index in [1.165, 1.54) is 0 Å². The fraction of sp³-hybridized carbons (Fsp3) is 0.375. The van der Waals surface area contributed by atoms with Gasteiger partial charge in [-0.1, -0.05) is 12.1 Å². The van der Waals surface area contributed by atoms with Crippen molar-refractivity contribution in [2.75, 3.05) is 20.1 Å². The average Bonchev–Trinajstić information content (AvgIpc) is 3.32. The highest BCUT2D eigenvalue weighted by Crippen LogP contribution is 2.15. The lowest BCUT2D eigenvalue weighted by Gasteiger charge is -2.24. The first-order valence-corrected chi connectivity index (χ1v) is 10.8. The summed E-state index contributed by atoms with van der Waals surface area (Å²) in [6, 6.07) is 11.6. The van der Waals surface area contributed by atoms with E-state index in [2.05, 4.69) is 10.4 Å². The van der Waals surface area contributed by atoms with Crippen LogP contribution in [0.15, 0.2) is 59.8 Å². The van der Waals surface area contributed by atoms with Gasteiger partial charge in [-0.3, -0.25) is 9.59 Å². The lowest BCUT2D eigenvalue weighted by atomic mass is 9.99. The molecule has 0 spiro atoms. The summed E-state index contributed by atoms with van der Waals surface area (Å²) >= 11 is 0. The van der Waals surface area contributed by atoms with E-state index in [1.807, 2.05) is 55.7 Å². The number of pyridine rings is 1. The SMILES string of the molecule is Cc1ccn(CC2CCCNC2)c(=O)c1C(=O)N(C)Cc1cccc(-n2cccn2)c1.Cl. The number of halogens is 1. The molecule has 1 unspecified atom stereocenters. The maximum Gasteiger partial charge on any atom is 0.263 e. The number of carbonyl (C=O) groups excluding carboxylic acids is 1. The van der Waals surface area contributed by atoms with E-state index in [4.69, 9.17) is 0 Å². The molecule has 1 aliphatic heterocycles. The summed E-state index contributed by atoms with van der Waals surface area (Å²) in [6.45, 7) is 4.83. The minimum Gasteiger partial charge on any atom is -0.337 e. The Labute approximate surface area is 194 Å². The van der Waals surface area contributed by atoms with E-state index in [-0.39, 0.29) is 29.4 Å². The molecule has 7 nitrogen and oxygen atoms in total. The number of nitrogens with zero attached hydrogens (tertiary/aromatic N) is 4. The molecule has 1 saturated heterocycles. The number of carbonyl (C=O) groups is 1. The summed E-state index contributed by atoms with van der Waals surface area (Å²) in [5.74, 6) is 0.169. The van der Waals surface area contributed by atoms with Crippen molar-refractivity contribution < 1.29 is 4.79 Å². The molecule has 2 aromatic heterocycles. The van der Waals surface area contributed by atoms with Gasteiger partial charge in [0.1, 0.15) is 5.56 Å². The summed E-state index contributed by atoms with van der Waals surface area (Å²) in [4.78, 5) is 28.0. The van der Waals surface area contributed by atoms with Crippen LogP contribution in [-0.2, 0) is 13.1 Å². The lowest BCUT2D eigenvalue weighted by molar-refractivity contribution is 0.0781. The van der Waals surface area contributed by atoms with Crippen LogP contribution in [0.1, 0.15) is 34.3 Å². The molecular formula is C24H30ClN5O2. The lowest BCUT2D eigenvalue weighted by Crippen LogP contribution is -2.38. The van der Waals surface area contributed by atoms with E-state index in [0.717, 1.165) is 37.2 Å². The zero-order chi connectivity index (χ0) is 21.8. The molecule has 4 rings (SSSR count). The molecule has 1 N–H and O–H groups in total. The number of benzene rings is 1. The first kappa shape index (κ1) is 23.8. The van der Waals surface area contributed by atoms with E-state index in [0.29, 0.717) is 24.6 Å². The number of hydrogen-bond donors (Lipinski definition) is 1. The van der Waals surface area contributed by atoms with Crippen LogP contribution in [0.3, 0.4) is 0 Å². The third-order valence-electron chi connectivity index (χ3n) is 5.89. The monoisotopic (exact) mass is 455 g/mol. The normalized spacial score (nSPS) is 15.8. The number of piperidine rings is 1. The second-order valence-electron chi connectivity index (χ2n) is 8.33. The van der Waals surface area contributed by atoms with Crippen LogP contribution < -0.4 is 10.9 Å². The van der Waals surface area contributed by atoms with Gasteiger partial charge in [0.2, 0.25) is 0 Å². The molecule has 3 aromatic rings. The third kappa shape index (κ3) is 5.29. The van der Waals surface area contributed by atoms with E-state index in [1.54, 1.807) is 27.4 Å². The van der Waals surface area contributed by atoms with Gasteiger partial charge in [0, 0.05) is 38.7 Å². The quantitative estimate of drug-likeness (QED) is 0.620. The molecule has 32 heavy (non-hydrogen) atoms. The number of rotatable bonds is 6. The van der Waals surface area contributed by atoms with Crippen molar-refractivity contribution in [1.29, 1.82) is 0 Å². The Kier molecular flexibility index (Phi) is 7.88. The summed E-state index contributed by atoms with van der Waals surface area (Å²) in [7, 11) is 1.74. The Morgan fingerprint density at radius 1 is 1.25 bits per heavy atom. The Balaban J connectivity index is 0.00000289. The smallest absolute Gasteiger partial charge is 0.263 e. The van der Waals surface area contributed by atoms with Crippen molar-refractivity contribution in [1.82, 2.24) is 24.6 Å². The Morgan fingerprint density at radius 2 is 2.09 bits per heavy atom. The van der Waals surface area contributed by atoms with Crippen molar-refractivity contribution >= 4 is 18.3 Å². The van der Waals surface area contributed by atoms with Gasteiger partial charge in [-0.2, -0.15) is 5.10 Å². The molecule has 1 aliphatic rings. The molecule has 1 atom stereocenters. The van der Waals surface area contributed by atoms with E-state index >= 15 is 0 Å². The molecule has 0 saturated carbocycles. The van der Waals surface area contributed by atoms with Gasteiger partial charge in [0.25, 0.3) is 11.5 Å². The molecule has 170 valence electrons. The predicted octanol–water partition coefficient (Wildman–Crippen LogP) is 3.04. The Morgan fingerprint density at radius 3 is 2.81 bits per heavy atom. The molecule has 0 radical (unpaired) electrons. The highest BCUT2D eigenvalue weighted by atomic mass is 35.5. The fourth-order valence-corrected chi connectivity index (χ4v) is 4.18. The summed E-state index contributed by atoms with van der Waals surface area (Å²) < 4.78 is 3.48. The van der Waals surface area contributed by atoms with Gasteiger partial charge < -0.3 is 14.8 Å². The van der Waals surface area contributed by atoms with Gasteiger partial charge in [-0.05, 0) is 74.2 Å². The molecule has 1 aromatic carbocycles. The standard InChI is InChI=1S/C24H29N5O2.ClH/c1-18-9-13-28(17-20-7-4-10-25-15-20)24(31)22(18)23(30)27(2)16-19-6-3-8-21(14-19)29-12-5-11-26-29;/h3,5-6,8-9,11-14,20,25H,4,7,10,15-17H2,1-2H3;1H. The molecule has 3 heterocycles. The highest BCUT2D eigenvalue weighted by Gasteiger charge is 2.21. The first-order valence-electron chi connectivity index (χ1n) is 10.8. The number of aryl methyl sites for hydroxylation is 1. The third-order valence-corrected chi connectivity index (χ3v) is 5.89. The maximum atomic E-state index is 13.2. The predicted molar refractivity (Wildman–Crippen MR) is 128 cm³/mol. The molecule has 8 heteroatoms. The summed E-state index contributed by atoms with van der Waals surface area (Å²) in [5.41, 5.74) is 2.68. The number of amides is 1. The van der Waals surface area contributed by atoms with Crippen LogP contribution in [0.2, 0.25) is 0 Å². The average molecular weight is 456 g/mol. The topological polar surface area (TPSA) is 72.2 Å². The molecular weight excluding hydrogens is 426 g/mol. The molecule has 1 fully saturated rings. The van der Waals surface area contributed by atoms with Crippen LogP contribution in [0, 0.1) is 12.8 Å². The fourth-order valence-electron chi connectivity index (χ4n) is 4.18. The zero-order valence-electron chi connectivity index (χ0n) is 18.5. The molecule has 0 aliphatic carbocycles. The van der Waals surface area contributed by atoms with Crippen molar-refractivity contribution in [3.05, 3.63) is 82.0 Å². The number of aromatic nitrogens is 3. The number of nitrogens with one attached hydrogen (secondary N) is 1. The van der Waals surface area contributed by atoms with Gasteiger partial charge in [0.15, 0.2) is 0 Å². The highest BCUT2D eigenvalue weighted by molar-refractivity contribution is 5.95. The van der Waals surface area contributed by atoms with E-state index in [9.17, 15) is 9.59 Å². The van der Waals surface area contributed by atoms with Crippen molar-refractivity contribution in [2.24, 2.45) is 5.92 Å². The maximum absolute atomic E-state index is 13.2. The summed E-state index contributed by atoms with van der Waals surface area (Å²) in [6.07, 6.45) is 7.65. The van der Waals surface area contributed by atoms with Crippen molar-refractivity contribution in [3.8, 4) is 5.69 Å². The minimum atomic E-state index is -0.247. The minimum absolute atomic E-state index is 0. The molecule has 0 bridgehead atoms. The van der Waals surface area contributed by atoms with Gasteiger partial charge >= 0.3 is 0 Å². The first-order chi connectivity index (χ1) is 15.0. The largest absolute Gasteiger partial charge is 0.337 e. The van der Waals surface area contributed by atoms with Crippen LogP contribution in [0.25, 0.3) is 5.69 Å². The summed E-state index contributed by atoms with van der Waals surface area (Å²) in [5, 5.41) is 7.64. The molecule has 1 amide bonds. The zero-order valence-corrected chi connectivity index (χ0v) is 19.3. The van der Waals surface area contributed by atoms with Crippen LogP contribution >= 0.6 is 12.4 Å². The Bertz CT molecular complexity index is 1100. The second-order valence-corrected chi connectivity index (χ2v) is 8.33. The second kappa shape index (κ2) is 10.6.